The van der Waals surface area contributed by atoms with Gasteiger partial charge in [-0.2, -0.15) is 0 Å². The first-order valence-corrected chi connectivity index (χ1v) is 12.6. The zero-order valence-corrected chi connectivity index (χ0v) is 21.8. The quantitative estimate of drug-likeness (QED) is 0.473. The number of para-hydroxylation sites is 1. The van der Waals surface area contributed by atoms with E-state index < -0.39 is 23.4 Å². The number of ketones is 2. The van der Waals surface area contributed by atoms with E-state index in [-0.39, 0.29) is 23.0 Å². The maximum absolute atomic E-state index is 14.7. The Bertz CT molecular complexity index is 1550. The summed E-state index contributed by atoms with van der Waals surface area (Å²) in [6.07, 6.45) is 3.82. The number of anilines is 2. The Balaban J connectivity index is 1.66. The first kappa shape index (κ1) is 24.2. The van der Waals surface area contributed by atoms with Crippen molar-refractivity contribution in [2.75, 3.05) is 24.4 Å². The SMILES string of the molecule is COc1ccc(OC)c(C(=O)[C@H]2[C@H](C(C)=O)N3c4ccc(Cl)cc4C=C[C@@H]3[C@@]23C(=O)Nc2ccccc23)c1. The van der Waals surface area contributed by atoms with Crippen molar-refractivity contribution < 1.29 is 23.9 Å². The van der Waals surface area contributed by atoms with Crippen LogP contribution in [0.2, 0.25) is 5.02 Å². The highest BCUT2D eigenvalue weighted by atomic mass is 35.5. The van der Waals surface area contributed by atoms with Crippen molar-refractivity contribution in [3.05, 3.63) is 88.5 Å². The molecular weight excluding hydrogens is 504 g/mol. The van der Waals surface area contributed by atoms with Gasteiger partial charge < -0.3 is 19.7 Å². The molecule has 0 unspecified atom stereocenters. The van der Waals surface area contributed by atoms with Gasteiger partial charge in [-0.3, -0.25) is 14.4 Å². The molecule has 0 saturated carbocycles. The van der Waals surface area contributed by atoms with Crippen molar-refractivity contribution in [2.24, 2.45) is 5.92 Å². The Morgan fingerprint density at radius 2 is 1.82 bits per heavy atom. The second-order valence-corrected chi connectivity index (χ2v) is 10.2. The summed E-state index contributed by atoms with van der Waals surface area (Å²) in [5, 5.41) is 3.56. The first-order valence-electron chi connectivity index (χ1n) is 12.3. The number of carbonyl (C=O) groups is 3. The van der Waals surface area contributed by atoms with E-state index in [2.05, 4.69) is 5.32 Å². The molecule has 1 N–H and O–H groups in total. The van der Waals surface area contributed by atoms with Crippen molar-refractivity contribution in [1.82, 2.24) is 0 Å². The smallest absolute Gasteiger partial charge is 0.238 e. The van der Waals surface area contributed by atoms with E-state index in [1.165, 1.54) is 21.1 Å². The summed E-state index contributed by atoms with van der Waals surface area (Å²) < 4.78 is 11.0. The minimum Gasteiger partial charge on any atom is -0.497 e. The van der Waals surface area contributed by atoms with Gasteiger partial charge in [-0.05, 0) is 60.5 Å². The number of halogens is 1. The van der Waals surface area contributed by atoms with E-state index in [4.69, 9.17) is 21.1 Å². The second kappa shape index (κ2) is 8.74. The molecule has 3 aliphatic rings. The zero-order chi connectivity index (χ0) is 26.8. The Kier molecular flexibility index (Phi) is 5.58. The Hall–Kier alpha value is -4.10. The van der Waals surface area contributed by atoms with Gasteiger partial charge >= 0.3 is 0 Å². The molecule has 4 atom stereocenters. The number of ether oxygens (including phenoxy) is 2. The first-order chi connectivity index (χ1) is 18.3. The molecule has 3 heterocycles. The monoisotopic (exact) mass is 528 g/mol. The minimum atomic E-state index is -1.37. The van der Waals surface area contributed by atoms with E-state index >= 15 is 0 Å². The number of hydrogen-bond donors (Lipinski definition) is 1. The highest BCUT2D eigenvalue weighted by Gasteiger charge is 2.70. The van der Waals surface area contributed by atoms with Crippen LogP contribution in [-0.2, 0) is 15.0 Å². The molecule has 1 amide bonds. The van der Waals surface area contributed by atoms with Gasteiger partial charge in [-0.15, -0.1) is 0 Å². The number of benzene rings is 3. The number of rotatable bonds is 5. The number of nitrogens with zero attached hydrogens (tertiary/aromatic N) is 1. The van der Waals surface area contributed by atoms with Gasteiger partial charge in [0.1, 0.15) is 16.9 Å². The highest BCUT2D eigenvalue weighted by Crippen LogP contribution is 2.58. The molecule has 38 heavy (non-hydrogen) atoms. The third kappa shape index (κ3) is 3.18. The average molecular weight is 529 g/mol. The predicted molar refractivity (Wildman–Crippen MR) is 145 cm³/mol. The fraction of sp³-hybridized carbons (Fsp3) is 0.233. The molecule has 8 heteroatoms. The van der Waals surface area contributed by atoms with Gasteiger partial charge in [-0.1, -0.05) is 42.0 Å². The number of carbonyl (C=O) groups excluding carboxylic acids is 3. The lowest BCUT2D eigenvalue weighted by atomic mass is 9.64. The molecule has 3 aromatic rings. The maximum Gasteiger partial charge on any atom is 0.238 e. The second-order valence-electron chi connectivity index (χ2n) is 9.75. The Labute approximate surface area is 225 Å². The number of fused-ring (bicyclic) bond motifs is 6. The highest BCUT2D eigenvalue weighted by molar-refractivity contribution is 6.31. The maximum atomic E-state index is 14.7. The van der Waals surface area contributed by atoms with E-state index in [0.29, 0.717) is 27.8 Å². The third-order valence-electron chi connectivity index (χ3n) is 7.97. The molecule has 192 valence electrons. The van der Waals surface area contributed by atoms with Crippen molar-refractivity contribution >= 4 is 46.5 Å². The fourth-order valence-electron chi connectivity index (χ4n) is 6.48. The molecule has 3 aliphatic heterocycles. The van der Waals surface area contributed by atoms with Crippen LogP contribution in [0, 0.1) is 5.92 Å². The van der Waals surface area contributed by atoms with Crippen LogP contribution in [0.15, 0.2) is 66.7 Å². The lowest BCUT2D eigenvalue weighted by molar-refractivity contribution is -0.122. The summed E-state index contributed by atoms with van der Waals surface area (Å²) in [6.45, 7) is 1.47. The largest absolute Gasteiger partial charge is 0.497 e. The van der Waals surface area contributed by atoms with Crippen molar-refractivity contribution in [2.45, 2.75) is 24.4 Å². The molecule has 7 nitrogen and oxygen atoms in total. The van der Waals surface area contributed by atoms with Gasteiger partial charge in [0.15, 0.2) is 11.6 Å². The molecule has 0 aromatic heterocycles. The standard InChI is InChI=1S/C30H25ClN2O5/c1-16(34)27-26(28(35)20-15-19(37-2)10-12-24(20)38-3)30(21-6-4-5-7-22(21)32-29(30)36)25-13-8-17-14-18(31)9-11-23(17)33(25)27/h4-15,25-27H,1-3H3,(H,32,36)/t25-,26-,27+,30-/m1/s1. The average Bonchev–Trinajstić information content (AvgIpc) is 3.40. The van der Waals surface area contributed by atoms with Crippen LogP contribution in [-0.4, -0.2) is 43.8 Å². The van der Waals surface area contributed by atoms with Crippen molar-refractivity contribution in [1.29, 1.82) is 0 Å². The zero-order valence-electron chi connectivity index (χ0n) is 21.0. The van der Waals surface area contributed by atoms with Crippen LogP contribution in [0.4, 0.5) is 11.4 Å². The molecule has 0 aliphatic carbocycles. The minimum absolute atomic E-state index is 0.222. The molecule has 1 saturated heterocycles. The number of amides is 1. The van der Waals surface area contributed by atoms with Crippen LogP contribution in [0.1, 0.15) is 28.4 Å². The molecule has 1 fully saturated rings. The van der Waals surface area contributed by atoms with E-state index in [1.54, 1.807) is 24.3 Å². The fourth-order valence-corrected chi connectivity index (χ4v) is 6.66. The van der Waals surface area contributed by atoms with Crippen LogP contribution in [0.5, 0.6) is 11.5 Å². The van der Waals surface area contributed by atoms with Crippen molar-refractivity contribution in [3.63, 3.8) is 0 Å². The normalized spacial score (nSPS) is 24.5. The molecule has 0 radical (unpaired) electrons. The Morgan fingerprint density at radius 1 is 1.03 bits per heavy atom. The summed E-state index contributed by atoms with van der Waals surface area (Å²) in [7, 11) is 2.99. The molecule has 0 bridgehead atoms. The Morgan fingerprint density at radius 3 is 2.55 bits per heavy atom. The van der Waals surface area contributed by atoms with E-state index in [9.17, 15) is 14.4 Å². The van der Waals surface area contributed by atoms with Crippen LogP contribution < -0.4 is 19.7 Å². The third-order valence-corrected chi connectivity index (χ3v) is 8.20. The van der Waals surface area contributed by atoms with Gasteiger partial charge in [0.2, 0.25) is 5.91 Å². The molecular formula is C30H25ClN2O5. The predicted octanol–water partition coefficient (Wildman–Crippen LogP) is 4.92. The summed E-state index contributed by atoms with van der Waals surface area (Å²) in [5.74, 6) is -1.16. The van der Waals surface area contributed by atoms with Crippen LogP contribution >= 0.6 is 11.6 Å². The topological polar surface area (TPSA) is 84.9 Å². The number of hydrogen-bond acceptors (Lipinski definition) is 6. The van der Waals surface area contributed by atoms with Gasteiger partial charge in [0.05, 0.1) is 37.8 Å². The molecule has 3 aromatic carbocycles. The van der Waals surface area contributed by atoms with Gasteiger partial charge in [-0.25, -0.2) is 0 Å². The summed E-state index contributed by atoms with van der Waals surface area (Å²) in [6, 6.07) is 16.2. The van der Waals surface area contributed by atoms with Crippen LogP contribution in [0.3, 0.4) is 0 Å². The lowest BCUT2D eigenvalue weighted by Crippen LogP contribution is -2.51. The van der Waals surface area contributed by atoms with Crippen LogP contribution in [0.25, 0.3) is 6.08 Å². The van der Waals surface area contributed by atoms with E-state index in [0.717, 1.165) is 11.3 Å². The number of Topliss-reactive ketones (excluding diaryl/α,β-unsaturated/α-hetero) is 2. The summed E-state index contributed by atoms with van der Waals surface area (Å²) in [5.41, 5.74) is 1.75. The van der Waals surface area contributed by atoms with Gasteiger partial charge in [0, 0.05) is 16.4 Å². The van der Waals surface area contributed by atoms with Gasteiger partial charge in [0.25, 0.3) is 0 Å². The summed E-state index contributed by atoms with van der Waals surface area (Å²) >= 11 is 6.29. The molecule has 1 spiro atoms. The molecule has 6 rings (SSSR count). The number of methoxy groups -OCH3 is 2. The summed E-state index contributed by atoms with van der Waals surface area (Å²) in [4.78, 5) is 44.3. The van der Waals surface area contributed by atoms with E-state index in [1.807, 2.05) is 53.5 Å². The number of nitrogens with one attached hydrogen (secondary N) is 1. The van der Waals surface area contributed by atoms with Crippen molar-refractivity contribution in [3.8, 4) is 11.5 Å². The lowest BCUT2D eigenvalue weighted by Gasteiger charge is -2.37.